The highest BCUT2D eigenvalue weighted by Crippen LogP contribution is 2.40. The Balaban J connectivity index is 4.59. The first-order valence-electron chi connectivity index (χ1n) is 2.26. The molecule has 0 bridgehead atoms. The summed E-state index contributed by atoms with van der Waals surface area (Å²) < 4.78 is 39.8. The summed E-state index contributed by atoms with van der Waals surface area (Å²) in [7, 11) is 0.710. The Bertz CT molecular complexity index is 165. The van der Waals surface area contributed by atoms with Gasteiger partial charge in [0, 0.05) is 0 Å². The lowest BCUT2D eigenvalue weighted by atomic mass is 10.4. The van der Waals surface area contributed by atoms with Gasteiger partial charge < -0.3 is 4.74 Å². The normalized spacial score (nSPS) is 17.3. The van der Waals surface area contributed by atoms with Crippen molar-refractivity contribution in [3.05, 3.63) is 0 Å². The van der Waals surface area contributed by atoms with Gasteiger partial charge in [-0.05, 0) is 11.6 Å². The zero-order chi connectivity index (χ0) is 9.28. The van der Waals surface area contributed by atoms with Crippen LogP contribution in [0.3, 0.4) is 0 Å². The molecule has 0 saturated heterocycles. The fraction of sp³-hybridized carbons (Fsp3) is 0.750. The number of halogens is 5. The molecule has 0 aliphatic carbocycles. The third kappa shape index (κ3) is 2.13. The SMILES string of the molecule is COC(=O)[C@](F)(Cl)C(F)(F)Cl. The summed E-state index contributed by atoms with van der Waals surface area (Å²) >= 11 is 8.60. The second-order valence-corrected chi connectivity index (χ2v) is 2.56. The van der Waals surface area contributed by atoms with Crippen molar-refractivity contribution in [2.75, 3.05) is 7.11 Å². The molecule has 0 aliphatic rings. The van der Waals surface area contributed by atoms with Gasteiger partial charge in [0.15, 0.2) is 0 Å². The molecule has 7 heteroatoms. The fourth-order valence-electron chi connectivity index (χ4n) is 0.244. The highest BCUT2D eigenvalue weighted by Gasteiger charge is 2.60. The standard InChI is InChI=1S/C4H3Cl2F3O2/c1-11-2(10)3(5,7)4(6,8)9/h1H3/t3-/m1/s1. The minimum Gasteiger partial charge on any atom is -0.465 e. The number of hydrogen-bond acceptors (Lipinski definition) is 2. The second kappa shape index (κ2) is 3.06. The van der Waals surface area contributed by atoms with Crippen LogP contribution in [0.4, 0.5) is 13.2 Å². The summed E-state index contributed by atoms with van der Waals surface area (Å²) in [6.07, 6.45) is 0. The average molecular weight is 211 g/mol. The molecule has 1 atom stereocenters. The Hall–Kier alpha value is -0.160. The number of hydrogen-bond donors (Lipinski definition) is 0. The molecule has 0 N–H and O–H groups in total. The van der Waals surface area contributed by atoms with E-state index in [0.717, 1.165) is 0 Å². The summed E-state index contributed by atoms with van der Waals surface area (Å²) in [4.78, 5) is 10.2. The molecule has 0 saturated carbocycles. The van der Waals surface area contributed by atoms with Crippen LogP contribution in [0.5, 0.6) is 0 Å². The maximum Gasteiger partial charge on any atom is 0.380 e. The highest BCUT2D eigenvalue weighted by atomic mass is 35.5. The summed E-state index contributed by atoms with van der Waals surface area (Å²) in [6, 6.07) is 0. The van der Waals surface area contributed by atoms with E-state index in [1.807, 2.05) is 0 Å². The minimum atomic E-state index is -4.48. The molecule has 0 rings (SSSR count). The lowest BCUT2D eigenvalue weighted by Gasteiger charge is -2.19. The third-order valence-electron chi connectivity index (χ3n) is 0.798. The number of methoxy groups -OCH3 is 1. The number of ether oxygens (including phenoxy) is 1. The van der Waals surface area contributed by atoms with Crippen LogP contribution >= 0.6 is 23.2 Å². The Morgan fingerprint density at radius 2 is 1.73 bits per heavy atom. The Kier molecular flexibility index (Phi) is 3.02. The van der Waals surface area contributed by atoms with Gasteiger partial charge >= 0.3 is 16.5 Å². The summed E-state index contributed by atoms with van der Waals surface area (Å²) in [5.74, 6) is -1.93. The first-order chi connectivity index (χ1) is 4.73. The maximum atomic E-state index is 12.4. The van der Waals surface area contributed by atoms with Crippen LogP contribution in [0.2, 0.25) is 0 Å². The van der Waals surface area contributed by atoms with E-state index in [2.05, 4.69) is 27.9 Å². The van der Waals surface area contributed by atoms with E-state index >= 15 is 0 Å². The minimum absolute atomic E-state index is 0.710. The van der Waals surface area contributed by atoms with Crippen molar-refractivity contribution in [3.63, 3.8) is 0 Å². The van der Waals surface area contributed by atoms with E-state index in [0.29, 0.717) is 7.11 Å². The predicted molar refractivity (Wildman–Crippen MR) is 32.5 cm³/mol. The molecule has 11 heavy (non-hydrogen) atoms. The fourth-order valence-corrected chi connectivity index (χ4v) is 0.398. The number of alkyl halides is 5. The Morgan fingerprint density at radius 3 is 1.82 bits per heavy atom. The lowest BCUT2D eigenvalue weighted by molar-refractivity contribution is -0.160. The molecule has 2 nitrogen and oxygen atoms in total. The first kappa shape index (κ1) is 10.8. The second-order valence-electron chi connectivity index (χ2n) is 1.56. The average Bonchev–Trinajstić information content (AvgIpc) is 1.83. The van der Waals surface area contributed by atoms with E-state index in [9.17, 15) is 18.0 Å². The largest absolute Gasteiger partial charge is 0.465 e. The van der Waals surface area contributed by atoms with Crippen molar-refractivity contribution in [1.82, 2.24) is 0 Å². The molecule has 0 aromatic rings. The van der Waals surface area contributed by atoms with E-state index < -0.39 is 16.5 Å². The van der Waals surface area contributed by atoms with E-state index in [-0.39, 0.29) is 0 Å². The van der Waals surface area contributed by atoms with Crippen molar-refractivity contribution in [2.24, 2.45) is 0 Å². The van der Waals surface area contributed by atoms with Gasteiger partial charge in [-0.15, -0.1) is 0 Å². The van der Waals surface area contributed by atoms with Gasteiger partial charge in [0.25, 0.3) is 0 Å². The quantitative estimate of drug-likeness (QED) is 0.514. The number of esters is 1. The molecule has 0 heterocycles. The van der Waals surface area contributed by atoms with Crippen molar-refractivity contribution < 1.29 is 22.7 Å². The van der Waals surface area contributed by atoms with E-state index in [1.54, 1.807) is 0 Å². The third-order valence-corrected chi connectivity index (χ3v) is 1.55. The molecular weight excluding hydrogens is 208 g/mol. The van der Waals surface area contributed by atoms with E-state index in [4.69, 9.17) is 0 Å². The predicted octanol–water partition coefficient (Wildman–Crippen LogP) is 1.90. The number of carbonyl (C=O) groups excluding carboxylic acids is 1. The van der Waals surface area contributed by atoms with Crippen molar-refractivity contribution >= 4 is 29.2 Å². The first-order valence-corrected chi connectivity index (χ1v) is 3.02. The van der Waals surface area contributed by atoms with Crippen LogP contribution in [0.15, 0.2) is 0 Å². The summed E-state index contributed by atoms with van der Waals surface area (Å²) in [5.41, 5.74) is 0. The molecule has 0 radical (unpaired) electrons. The van der Waals surface area contributed by atoms with E-state index in [1.165, 1.54) is 0 Å². The van der Waals surface area contributed by atoms with Crippen molar-refractivity contribution in [2.45, 2.75) is 10.5 Å². The van der Waals surface area contributed by atoms with Gasteiger partial charge in [0.05, 0.1) is 7.11 Å². The molecule has 0 aromatic heterocycles. The van der Waals surface area contributed by atoms with Gasteiger partial charge in [0.2, 0.25) is 0 Å². The topological polar surface area (TPSA) is 26.3 Å². The van der Waals surface area contributed by atoms with Crippen molar-refractivity contribution in [3.8, 4) is 0 Å². The molecule has 0 unspecified atom stereocenters. The Labute approximate surface area is 70.2 Å². The van der Waals surface area contributed by atoms with Gasteiger partial charge in [0.1, 0.15) is 0 Å². The zero-order valence-electron chi connectivity index (χ0n) is 5.21. The van der Waals surface area contributed by atoms with Crippen LogP contribution in [-0.2, 0) is 9.53 Å². The Morgan fingerprint density at radius 1 is 1.36 bits per heavy atom. The monoisotopic (exact) mass is 210 g/mol. The van der Waals surface area contributed by atoms with Crippen LogP contribution in [0.1, 0.15) is 0 Å². The smallest absolute Gasteiger partial charge is 0.380 e. The van der Waals surface area contributed by atoms with Gasteiger partial charge in [-0.2, -0.15) is 8.78 Å². The molecular formula is C4H3Cl2F3O2. The lowest BCUT2D eigenvalue weighted by Crippen LogP contribution is -2.42. The molecule has 0 aliphatic heterocycles. The molecule has 66 valence electrons. The van der Waals surface area contributed by atoms with Crippen LogP contribution in [-0.4, -0.2) is 23.6 Å². The maximum absolute atomic E-state index is 12.4. The highest BCUT2D eigenvalue weighted by molar-refractivity contribution is 6.39. The van der Waals surface area contributed by atoms with Crippen LogP contribution in [0, 0.1) is 0 Å². The molecule has 0 aromatic carbocycles. The van der Waals surface area contributed by atoms with Crippen molar-refractivity contribution in [1.29, 1.82) is 0 Å². The number of carbonyl (C=O) groups is 1. The summed E-state index contributed by atoms with van der Waals surface area (Å²) in [6.45, 7) is 0. The zero-order valence-corrected chi connectivity index (χ0v) is 6.72. The number of rotatable bonds is 2. The van der Waals surface area contributed by atoms with Crippen LogP contribution in [0.25, 0.3) is 0 Å². The molecule has 0 spiro atoms. The molecule has 0 fully saturated rings. The van der Waals surface area contributed by atoms with Gasteiger partial charge in [-0.3, -0.25) is 0 Å². The summed E-state index contributed by atoms with van der Waals surface area (Å²) in [5, 5.41) is -8.50. The van der Waals surface area contributed by atoms with Crippen LogP contribution < -0.4 is 0 Å². The van der Waals surface area contributed by atoms with Gasteiger partial charge in [-0.25, -0.2) is 9.18 Å². The van der Waals surface area contributed by atoms with Gasteiger partial charge in [-0.1, -0.05) is 11.6 Å². The molecule has 0 amide bonds.